The maximum Gasteiger partial charge on any atom is 0.264 e. The van der Waals surface area contributed by atoms with E-state index in [2.05, 4.69) is 5.32 Å². The molecule has 4 rings (SSSR count). The van der Waals surface area contributed by atoms with Gasteiger partial charge in [-0.25, -0.2) is 12.8 Å². The Morgan fingerprint density at radius 3 is 2.65 bits per heavy atom. The van der Waals surface area contributed by atoms with Gasteiger partial charge in [0.1, 0.15) is 17.7 Å². The van der Waals surface area contributed by atoms with E-state index in [1.165, 1.54) is 60.7 Å². The molecule has 0 bridgehead atoms. The monoisotopic (exact) mass is 481 g/mol. The zero-order valence-corrected chi connectivity index (χ0v) is 18.6. The molecular formula is C24H20FN3O5S. The minimum atomic E-state index is -4.11. The van der Waals surface area contributed by atoms with Crippen molar-refractivity contribution in [2.75, 3.05) is 22.8 Å². The third-order valence-electron chi connectivity index (χ3n) is 5.21. The predicted molar refractivity (Wildman–Crippen MR) is 122 cm³/mol. The summed E-state index contributed by atoms with van der Waals surface area (Å²) in [4.78, 5) is 12.4. The van der Waals surface area contributed by atoms with Crippen molar-refractivity contribution in [3.8, 4) is 11.8 Å². The fourth-order valence-corrected chi connectivity index (χ4v) is 5.10. The normalized spacial score (nSPS) is 15.1. The van der Waals surface area contributed by atoms with Crippen LogP contribution in [0.2, 0.25) is 0 Å². The summed E-state index contributed by atoms with van der Waals surface area (Å²) in [5, 5.41) is 21.5. The second kappa shape index (κ2) is 9.51. The molecule has 8 nitrogen and oxygen atoms in total. The first kappa shape index (κ1) is 23.2. The highest BCUT2D eigenvalue weighted by atomic mass is 32.2. The van der Waals surface area contributed by atoms with Gasteiger partial charge in [0, 0.05) is 5.69 Å². The lowest BCUT2D eigenvalue weighted by molar-refractivity contribution is -0.115. The van der Waals surface area contributed by atoms with E-state index in [-0.39, 0.29) is 40.8 Å². The van der Waals surface area contributed by atoms with Crippen molar-refractivity contribution < 1.29 is 27.4 Å². The molecule has 0 aromatic heterocycles. The van der Waals surface area contributed by atoms with Gasteiger partial charge in [-0.1, -0.05) is 18.2 Å². The van der Waals surface area contributed by atoms with Crippen LogP contribution in [-0.2, 0) is 21.2 Å². The third kappa shape index (κ3) is 4.85. The molecule has 174 valence electrons. The first-order chi connectivity index (χ1) is 16.3. The number of nitrogens with one attached hydrogen (secondary N) is 1. The quantitative estimate of drug-likeness (QED) is 0.559. The Balaban J connectivity index is 1.64. The lowest BCUT2D eigenvalue weighted by Gasteiger charge is -2.35. The van der Waals surface area contributed by atoms with Crippen molar-refractivity contribution in [1.29, 1.82) is 5.26 Å². The topological polar surface area (TPSA) is 120 Å². The van der Waals surface area contributed by atoms with Crippen LogP contribution in [0.1, 0.15) is 11.1 Å². The standard InChI is InChI=1S/C24H20FN3O5S/c25-18-6-4-16(5-7-18)11-24(30)27-19-8-9-23-22(12-19)28(14-20(15-29)33-23)34(31,32)21-3-1-2-17(10-21)13-26/h1-10,12,20,29H,11,14-15H2,(H,27,30). The van der Waals surface area contributed by atoms with E-state index in [9.17, 15) is 22.7 Å². The maximum atomic E-state index is 13.4. The van der Waals surface area contributed by atoms with Crippen LogP contribution in [0.25, 0.3) is 0 Å². The van der Waals surface area contributed by atoms with Crippen LogP contribution in [0.4, 0.5) is 15.8 Å². The molecule has 3 aromatic carbocycles. The molecule has 1 amide bonds. The van der Waals surface area contributed by atoms with Crippen molar-refractivity contribution in [1.82, 2.24) is 0 Å². The molecule has 0 radical (unpaired) electrons. The van der Waals surface area contributed by atoms with Crippen LogP contribution < -0.4 is 14.4 Å². The lowest BCUT2D eigenvalue weighted by Crippen LogP contribution is -2.45. The maximum absolute atomic E-state index is 13.4. The zero-order chi connectivity index (χ0) is 24.3. The van der Waals surface area contributed by atoms with Gasteiger partial charge in [-0.3, -0.25) is 9.10 Å². The van der Waals surface area contributed by atoms with Crippen molar-refractivity contribution in [3.05, 3.63) is 83.7 Å². The van der Waals surface area contributed by atoms with E-state index in [0.29, 0.717) is 11.3 Å². The van der Waals surface area contributed by atoms with Crippen molar-refractivity contribution >= 4 is 27.3 Å². The lowest BCUT2D eigenvalue weighted by atomic mass is 10.1. The molecule has 1 heterocycles. The third-order valence-corrected chi connectivity index (χ3v) is 6.98. The molecule has 0 saturated heterocycles. The second-order valence-electron chi connectivity index (χ2n) is 7.63. The summed E-state index contributed by atoms with van der Waals surface area (Å²) < 4.78 is 46.8. The van der Waals surface area contributed by atoms with Gasteiger partial charge in [0.05, 0.1) is 41.8 Å². The summed E-state index contributed by atoms with van der Waals surface area (Å²) in [6.07, 6.45) is -0.788. The smallest absolute Gasteiger partial charge is 0.264 e. The van der Waals surface area contributed by atoms with Crippen LogP contribution in [-0.4, -0.2) is 38.7 Å². The van der Waals surface area contributed by atoms with Crippen LogP contribution in [0.3, 0.4) is 0 Å². The molecule has 0 saturated carbocycles. The number of nitriles is 1. The average molecular weight is 482 g/mol. The summed E-state index contributed by atoms with van der Waals surface area (Å²) in [6.45, 7) is -0.560. The number of halogens is 1. The fraction of sp³-hybridized carbons (Fsp3) is 0.167. The minimum Gasteiger partial charge on any atom is -0.484 e. The largest absolute Gasteiger partial charge is 0.484 e. The number of carbonyl (C=O) groups is 1. The van der Waals surface area contributed by atoms with Crippen molar-refractivity contribution in [2.45, 2.75) is 17.4 Å². The summed E-state index contributed by atoms with van der Waals surface area (Å²) in [5.41, 5.74) is 1.33. The molecule has 1 aliphatic rings. The number of ether oxygens (including phenoxy) is 1. The number of aliphatic hydroxyl groups is 1. The number of sulfonamides is 1. The van der Waals surface area contributed by atoms with Crippen molar-refractivity contribution in [3.63, 3.8) is 0 Å². The highest BCUT2D eigenvalue weighted by Gasteiger charge is 2.34. The van der Waals surface area contributed by atoms with E-state index >= 15 is 0 Å². The highest BCUT2D eigenvalue weighted by Crippen LogP contribution is 2.39. The molecule has 34 heavy (non-hydrogen) atoms. The van der Waals surface area contributed by atoms with E-state index in [4.69, 9.17) is 10.00 Å². The zero-order valence-electron chi connectivity index (χ0n) is 17.8. The van der Waals surface area contributed by atoms with E-state index in [1.54, 1.807) is 6.07 Å². The fourth-order valence-electron chi connectivity index (χ4n) is 3.56. The number of nitrogens with zero attached hydrogens (tertiary/aromatic N) is 2. The van der Waals surface area contributed by atoms with Gasteiger partial charge >= 0.3 is 0 Å². The molecule has 0 spiro atoms. The minimum absolute atomic E-state index is 0.00339. The Kier molecular flexibility index (Phi) is 6.49. The van der Waals surface area contributed by atoms with Crippen LogP contribution in [0.15, 0.2) is 71.6 Å². The molecule has 0 aliphatic carbocycles. The van der Waals surface area contributed by atoms with E-state index in [1.807, 2.05) is 6.07 Å². The number of anilines is 2. The summed E-state index contributed by atoms with van der Waals surface area (Å²) in [7, 11) is -4.11. The first-order valence-corrected chi connectivity index (χ1v) is 11.7. The number of hydrogen-bond acceptors (Lipinski definition) is 6. The molecule has 1 atom stereocenters. The van der Waals surface area contributed by atoms with Gasteiger partial charge in [0.2, 0.25) is 5.91 Å². The molecule has 10 heteroatoms. The van der Waals surface area contributed by atoms with Crippen LogP contribution >= 0.6 is 0 Å². The summed E-state index contributed by atoms with van der Waals surface area (Å²) in [5.74, 6) is -0.545. The van der Waals surface area contributed by atoms with Gasteiger partial charge in [0.25, 0.3) is 10.0 Å². The number of fused-ring (bicyclic) bond motifs is 1. The molecule has 3 aromatic rings. The number of benzene rings is 3. The number of amides is 1. The molecule has 1 aliphatic heterocycles. The van der Waals surface area contributed by atoms with Gasteiger partial charge in [0.15, 0.2) is 0 Å². The van der Waals surface area contributed by atoms with Gasteiger partial charge in [-0.05, 0) is 54.1 Å². The molecule has 2 N–H and O–H groups in total. The van der Waals surface area contributed by atoms with Gasteiger partial charge < -0.3 is 15.2 Å². The van der Waals surface area contributed by atoms with E-state index < -0.39 is 28.6 Å². The Morgan fingerprint density at radius 2 is 1.94 bits per heavy atom. The van der Waals surface area contributed by atoms with Crippen LogP contribution in [0.5, 0.6) is 5.75 Å². The Labute approximate surface area is 195 Å². The van der Waals surface area contributed by atoms with Crippen LogP contribution in [0, 0.1) is 17.1 Å². The predicted octanol–water partition coefficient (Wildman–Crippen LogP) is 2.83. The number of carbonyl (C=O) groups excluding carboxylic acids is 1. The number of aliphatic hydroxyl groups excluding tert-OH is 1. The van der Waals surface area contributed by atoms with E-state index in [0.717, 1.165) is 4.31 Å². The molecule has 1 unspecified atom stereocenters. The summed E-state index contributed by atoms with van der Waals surface area (Å²) >= 11 is 0. The Hall–Kier alpha value is -3.94. The first-order valence-electron chi connectivity index (χ1n) is 10.3. The van der Waals surface area contributed by atoms with Gasteiger partial charge in [-0.15, -0.1) is 0 Å². The SMILES string of the molecule is N#Cc1cccc(S(=O)(=O)N2CC(CO)Oc3ccc(NC(=O)Cc4ccc(F)cc4)cc32)c1. The number of hydrogen-bond donors (Lipinski definition) is 2. The summed E-state index contributed by atoms with van der Waals surface area (Å²) in [6, 6.07) is 17.6. The molecular weight excluding hydrogens is 461 g/mol. The second-order valence-corrected chi connectivity index (χ2v) is 9.49. The van der Waals surface area contributed by atoms with Gasteiger partial charge in [-0.2, -0.15) is 5.26 Å². The average Bonchev–Trinajstić information content (AvgIpc) is 2.84. The number of rotatable bonds is 6. The highest BCUT2D eigenvalue weighted by molar-refractivity contribution is 7.92. The Bertz CT molecular complexity index is 1370. The van der Waals surface area contributed by atoms with Crippen molar-refractivity contribution in [2.24, 2.45) is 0 Å². The Morgan fingerprint density at radius 1 is 1.18 bits per heavy atom. The molecule has 0 fully saturated rings.